The first kappa shape index (κ1) is 13.3. The highest BCUT2D eigenvalue weighted by atomic mass is 79.9. The molecular formula is C12H18BrNO2. The number of ether oxygens (including phenoxy) is 1. The molecule has 0 aromatic heterocycles. The van der Waals surface area contributed by atoms with Crippen molar-refractivity contribution in [3.05, 3.63) is 22.2 Å². The number of aromatic hydroxyl groups is 1. The van der Waals surface area contributed by atoms with E-state index in [2.05, 4.69) is 35.1 Å². The summed E-state index contributed by atoms with van der Waals surface area (Å²) in [4.78, 5) is 0. The van der Waals surface area contributed by atoms with E-state index in [1.165, 1.54) is 0 Å². The SMILES string of the molecule is CNCC(C)(C)c1cc(O)c(OC)cc1Br. The van der Waals surface area contributed by atoms with E-state index >= 15 is 0 Å². The van der Waals surface area contributed by atoms with Crippen LogP contribution >= 0.6 is 15.9 Å². The van der Waals surface area contributed by atoms with Crippen LogP contribution in [0.1, 0.15) is 19.4 Å². The summed E-state index contributed by atoms with van der Waals surface area (Å²) >= 11 is 3.51. The van der Waals surface area contributed by atoms with Gasteiger partial charge in [-0.3, -0.25) is 0 Å². The van der Waals surface area contributed by atoms with Crippen molar-refractivity contribution in [2.75, 3.05) is 20.7 Å². The van der Waals surface area contributed by atoms with E-state index in [0.717, 1.165) is 16.6 Å². The molecule has 90 valence electrons. The van der Waals surface area contributed by atoms with Gasteiger partial charge in [-0.25, -0.2) is 0 Å². The Bertz CT molecular complexity index is 378. The fraction of sp³-hybridized carbons (Fsp3) is 0.500. The molecule has 0 bridgehead atoms. The summed E-state index contributed by atoms with van der Waals surface area (Å²) < 4.78 is 6.00. The largest absolute Gasteiger partial charge is 0.504 e. The van der Waals surface area contributed by atoms with Crippen molar-refractivity contribution in [2.24, 2.45) is 0 Å². The van der Waals surface area contributed by atoms with Crippen molar-refractivity contribution >= 4 is 15.9 Å². The lowest BCUT2D eigenvalue weighted by Crippen LogP contribution is -2.31. The molecular weight excluding hydrogens is 270 g/mol. The van der Waals surface area contributed by atoms with Crippen molar-refractivity contribution in [2.45, 2.75) is 19.3 Å². The molecule has 4 heteroatoms. The van der Waals surface area contributed by atoms with Crippen LogP contribution in [-0.2, 0) is 5.41 Å². The number of benzene rings is 1. The van der Waals surface area contributed by atoms with Gasteiger partial charge in [-0.1, -0.05) is 29.8 Å². The molecule has 0 aliphatic rings. The summed E-state index contributed by atoms with van der Waals surface area (Å²) in [6, 6.07) is 3.54. The van der Waals surface area contributed by atoms with Crippen LogP contribution in [-0.4, -0.2) is 25.8 Å². The third-order valence-electron chi connectivity index (χ3n) is 2.62. The fourth-order valence-electron chi connectivity index (χ4n) is 1.76. The summed E-state index contributed by atoms with van der Waals surface area (Å²) in [7, 11) is 3.46. The predicted octanol–water partition coefficient (Wildman–Crippen LogP) is 2.66. The van der Waals surface area contributed by atoms with Crippen LogP contribution in [0.2, 0.25) is 0 Å². The van der Waals surface area contributed by atoms with E-state index in [9.17, 15) is 5.11 Å². The zero-order chi connectivity index (χ0) is 12.3. The van der Waals surface area contributed by atoms with E-state index in [4.69, 9.17) is 4.74 Å². The molecule has 3 nitrogen and oxygen atoms in total. The number of likely N-dealkylation sites (N-methyl/N-ethyl adjacent to an activating group) is 1. The standard InChI is InChI=1S/C12H18BrNO2/c1-12(2,7-14-3)8-5-10(15)11(16-4)6-9(8)13/h5-6,14-15H,7H2,1-4H3. The second-order valence-corrected chi connectivity index (χ2v) is 5.27. The Hall–Kier alpha value is -0.740. The molecule has 0 unspecified atom stereocenters. The van der Waals surface area contributed by atoms with Gasteiger partial charge in [0.2, 0.25) is 0 Å². The Labute approximate surface area is 105 Å². The van der Waals surface area contributed by atoms with E-state index in [0.29, 0.717) is 5.75 Å². The highest BCUT2D eigenvalue weighted by molar-refractivity contribution is 9.10. The Balaban J connectivity index is 3.20. The monoisotopic (exact) mass is 287 g/mol. The minimum absolute atomic E-state index is 0.0582. The third-order valence-corrected chi connectivity index (χ3v) is 3.27. The summed E-state index contributed by atoms with van der Waals surface area (Å²) in [5, 5.41) is 12.9. The maximum Gasteiger partial charge on any atom is 0.161 e. The Morgan fingerprint density at radius 2 is 2.06 bits per heavy atom. The highest BCUT2D eigenvalue weighted by Crippen LogP contribution is 2.38. The molecule has 2 N–H and O–H groups in total. The van der Waals surface area contributed by atoms with Crippen molar-refractivity contribution in [1.29, 1.82) is 0 Å². The normalized spacial score (nSPS) is 11.6. The lowest BCUT2D eigenvalue weighted by Gasteiger charge is -2.26. The summed E-state index contributed by atoms with van der Waals surface area (Å²) in [5.41, 5.74) is 0.997. The summed E-state index contributed by atoms with van der Waals surface area (Å²) in [5.74, 6) is 0.653. The lowest BCUT2D eigenvalue weighted by atomic mass is 9.84. The molecule has 0 aliphatic carbocycles. The highest BCUT2D eigenvalue weighted by Gasteiger charge is 2.24. The first-order valence-corrected chi connectivity index (χ1v) is 5.93. The third kappa shape index (κ3) is 2.68. The molecule has 0 spiro atoms. The van der Waals surface area contributed by atoms with Crippen LogP contribution in [0, 0.1) is 0 Å². The Kier molecular flexibility index (Phi) is 4.21. The van der Waals surface area contributed by atoms with Gasteiger partial charge in [0.15, 0.2) is 11.5 Å². The van der Waals surface area contributed by atoms with Gasteiger partial charge >= 0.3 is 0 Å². The fourth-order valence-corrected chi connectivity index (χ4v) is 2.62. The van der Waals surface area contributed by atoms with Crippen LogP contribution in [0.25, 0.3) is 0 Å². The molecule has 1 aromatic rings. The zero-order valence-corrected chi connectivity index (χ0v) is 11.7. The summed E-state index contributed by atoms with van der Waals surface area (Å²) in [6.07, 6.45) is 0. The number of nitrogens with one attached hydrogen (secondary N) is 1. The van der Waals surface area contributed by atoms with Crippen molar-refractivity contribution < 1.29 is 9.84 Å². The Morgan fingerprint density at radius 3 is 2.56 bits per heavy atom. The molecule has 0 atom stereocenters. The number of hydrogen-bond acceptors (Lipinski definition) is 3. The van der Waals surface area contributed by atoms with E-state index < -0.39 is 0 Å². The van der Waals surface area contributed by atoms with E-state index in [1.54, 1.807) is 19.2 Å². The molecule has 1 rings (SSSR count). The van der Waals surface area contributed by atoms with Gasteiger partial charge in [0.1, 0.15) is 0 Å². The average Bonchev–Trinajstić information content (AvgIpc) is 2.20. The minimum atomic E-state index is -0.0582. The maximum atomic E-state index is 9.78. The van der Waals surface area contributed by atoms with Crippen LogP contribution in [0.3, 0.4) is 0 Å². The molecule has 0 heterocycles. The first-order valence-electron chi connectivity index (χ1n) is 5.14. The van der Waals surface area contributed by atoms with Gasteiger partial charge in [0.05, 0.1) is 7.11 Å². The lowest BCUT2D eigenvalue weighted by molar-refractivity contribution is 0.371. The smallest absolute Gasteiger partial charge is 0.161 e. The van der Waals surface area contributed by atoms with Gasteiger partial charge < -0.3 is 15.2 Å². The number of methoxy groups -OCH3 is 1. The van der Waals surface area contributed by atoms with Crippen LogP contribution in [0.5, 0.6) is 11.5 Å². The van der Waals surface area contributed by atoms with Crippen molar-refractivity contribution in [3.63, 3.8) is 0 Å². The van der Waals surface area contributed by atoms with Crippen LogP contribution < -0.4 is 10.1 Å². The quantitative estimate of drug-likeness (QED) is 0.895. The molecule has 0 radical (unpaired) electrons. The average molecular weight is 288 g/mol. The van der Waals surface area contributed by atoms with Crippen LogP contribution in [0.15, 0.2) is 16.6 Å². The minimum Gasteiger partial charge on any atom is -0.504 e. The Morgan fingerprint density at radius 1 is 1.44 bits per heavy atom. The maximum absolute atomic E-state index is 9.78. The van der Waals surface area contributed by atoms with Crippen molar-refractivity contribution in [1.82, 2.24) is 5.32 Å². The second-order valence-electron chi connectivity index (χ2n) is 4.42. The van der Waals surface area contributed by atoms with Gasteiger partial charge in [0, 0.05) is 16.4 Å². The topological polar surface area (TPSA) is 41.5 Å². The van der Waals surface area contributed by atoms with Crippen LogP contribution in [0.4, 0.5) is 0 Å². The van der Waals surface area contributed by atoms with Gasteiger partial charge in [-0.15, -0.1) is 0 Å². The van der Waals surface area contributed by atoms with Gasteiger partial charge in [-0.05, 0) is 24.7 Å². The number of hydrogen-bond donors (Lipinski definition) is 2. The van der Waals surface area contributed by atoms with Gasteiger partial charge in [-0.2, -0.15) is 0 Å². The molecule has 16 heavy (non-hydrogen) atoms. The van der Waals surface area contributed by atoms with Gasteiger partial charge in [0.25, 0.3) is 0 Å². The van der Waals surface area contributed by atoms with E-state index in [-0.39, 0.29) is 11.2 Å². The molecule has 0 amide bonds. The number of phenols is 1. The number of rotatable bonds is 4. The number of halogens is 1. The molecule has 0 saturated carbocycles. The summed E-state index contributed by atoms with van der Waals surface area (Å²) in [6.45, 7) is 5.07. The molecule has 0 aliphatic heterocycles. The predicted molar refractivity (Wildman–Crippen MR) is 69.3 cm³/mol. The second kappa shape index (κ2) is 5.06. The molecule has 0 saturated heterocycles. The van der Waals surface area contributed by atoms with E-state index in [1.807, 2.05) is 7.05 Å². The zero-order valence-electron chi connectivity index (χ0n) is 10.1. The molecule has 1 aromatic carbocycles. The molecule has 0 fully saturated rings. The first-order chi connectivity index (χ1) is 7.42. The van der Waals surface area contributed by atoms with Crippen molar-refractivity contribution in [3.8, 4) is 11.5 Å². The number of phenolic OH excluding ortho intramolecular Hbond substituents is 1.